The largest absolute Gasteiger partial charge is 0.486 e. The van der Waals surface area contributed by atoms with Crippen LogP contribution in [0.15, 0.2) is 18.5 Å². The Bertz CT molecular complexity index is 490. The van der Waals surface area contributed by atoms with E-state index in [1.165, 1.54) is 15.3 Å². The van der Waals surface area contributed by atoms with E-state index in [0.717, 1.165) is 12.3 Å². The van der Waals surface area contributed by atoms with Crippen LogP contribution in [-0.2, 0) is 19.7 Å². The molecule has 0 saturated carbocycles. The van der Waals surface area contributed by atoms with Crippen molar-refractivity contribution in [2.24, 2.45) is 5.73 Å². The van der Waals surface area contributed by atoms with E-state index < -0.39 is 0 Å². The molecule has 0 amide bonds. The number of nitrogens with zero attached hydrogens (tertiary/aromatic N) is 2. The molecular formula is C12H17N3OS. The monoisotopic (exact) mass is 251 g/mol. The molecule has 0 aliphatic heterocycles. The van der Waals surface area contributed by atoms with E-state index in [1.54, 1.807) is 17.5 Å². The number of hydrogen-bond acceptors (Lipinski definition) is 4. The number of aromatic nitrogens is 2. The third-order valence-corrected chi connectivity index (χ3v) is 3.72. The predicted molar refractivity (Wildman–Crippen MR) is 69.2 cm³/mol. The van der Waals surface area contributed by atoms with Crippen molar-refractivity contribution in [1.29, 1.82) is 0 Å². The van der Waals surface area contributed by atoms with Gasteiger partial charge in [0.2, 0.25) is 0 Å². The van der Waals surface area contributed by atoms with E-state index >= 15 is 0 Å². The van der Waals surface area contributed by atoms with Crippen LogP contribution in [0, 0.1) is 6.92 Å². The van der Waals surface area contributed by atoms with Gasteiger partial charge in [0, 0.05) is 28.4 Å². The molecule has 0 spiro atoms. The number of aryl methyl sites for hydroxylation is 2. The maximum absolute atomic E-state index is 5.70. The van der Waals surface area contributed by atoms with Crippen molar-refractivity contribution in [3.8, 4) is 5.75 Å². The summed E-state index contributed by atoms with van der Waals surface area (Å²) in [6, 6.07) is 2.12. The van der Waals surface area contributed by atoms with Crippen molar-refractivity contribution in [3.63, 3.8) is 0 Å². The zero-order valence-electron chi connectivity index (χ0n) is 10.1. The first-order chi connectivity index (χ1) is 8.22. The summed E-state index contributed by atoms with van der Waals surface area (Å²) in [6.07, 6.45) is 3.65. The van der Waals surface area contributed by atoms with Crippen molar-refractivity contribution in [1.82, 2.24) is 9.78 Å². The zero-order valence-corrected chi connectivity index (χ0v) is 11.0. The lowest BCUT2D eigenvalue weighted by Crippen LogP contribution is -1.96. The maximum atomic E-state index is 5.70. The first-order valence-corrected chi connectivity index (χ1v) is 6.48. The fraction of sp³-hybridized carbons (Fsp3) is 0.417. The summed E-state index contributed by atoms with van der Waals surface area (Å²) < 4.78 is 7.54. The van der Waals surface area contributed by atoms with Gasteiger partial charge in [-0.15, -0.1) is 11.3 Å². The van der Waals surface area contributed by atoms with Crippen LogP contribution in [0.25, 0.3) is 0 Å². The normalized spacial score (nSPS) is 10.8. The molecule has 0 saturated heterocycles. The fourth-order valence-corrected chi connectivity index (χ4v) is 2.51. The highest BCUT2D eigenvalue weighted by molar-refractivity contribution is 7.12. The van der Waals surface area contributed by atoms with Crippen molar-refractivity contribution >= 4 is 11.3 Å². The summed E-state index contributed by atoms with van der Waals surface area (Å²) in [5, 5.41) is 4.17. The van der Waals surface area contributed by atoms with Gasteiger partial charge in [0.25, 0.3) is 0 Å². The predicted octanol–water partition coefficient (Wildman–Crippen LogP) is 2.31. The highest BCUT2D eigenvalue weighted by atomic mass is 32.1. The topological polar surface area (TPSA) is 53.1 Å². The second kappa shape index (κ2) is 5.33. The van der Waals surface area contributed by atoms with E-state index in [2.05, 4.69) is 18.1 Å². The molecule has 0 aliphatic rings. The summed E-state index contributed by atoms with van der Waals surface area (Å²) in [5.41, 5.74) is 6.82. The van der Waals surface area contributed by atoms with Gasteiger partial charge in [0.15, 0.2) is 5.75 Å². The highest BCUT2D eigenvalue weighted by Gasteiger charge is 2.06. The number of ether oxygens (including phenoxy) is 1. The van der Waals surface area contributed by atoms with Gasteiger partial charge in [0.1, 0.15) is 6.61 Å². The molecule has 4 nitrogen and oxygen atoms in total. The molecule has 0 fully saturated rings. The standard InChI is InChI=1S/C12H17N3OS/c1-3-15-7-11(6-14-15)16-8-10-4-12(5-13)17-9(10)2/h4,6-7H,3,5,8,13H2,1-2H3. The van der Waals surface area contributed by atoms with Crippen molar-refractivity contribution in [2.45, 2.75) is 33.5 Å². The first-order valence-electron chi connectivity index (χ1n) is 5.66. The maximum Gasteiger partial charge on any atom is 0.157 e. The van der Waals surface area contributed by atoms with E-state index in [-0.39, 0.29) is 0 Å². The average molecular weight is 251 g/mol. The van der Waals surface area contributed by atoms with Crippen molar-refractivity contribution in [2.75, 3.05) is 0 Å². The van der Waals surface area contributed by atoms with Crippen LogP contribution in [0.4, 0.5) is 0 Å². The summed E-state index contributed by atoms with van der Waals surface area (Å²) >= 11 is 1.73. The summed E-state index contributed by atoms with van der Waals surface area (Å²) in [6.45, 7) is 6.18. The molecule has 17 heavy (non-hydrogen) atoms. The minimum absolute atomic E-state index is 0.581. The SMILES string of the molecule is CCn1cc(OCc2cc(CN)sc2C)cn1. The highest BCUT2D eigenvalue weighted by Crippen LogP contribution is 2.22. The van der Waals surface area contributed by atoms with Gasteiger partial charge >= 0.3 is 0 Å². The molecule has 92 valence electrons. The third kappa shape index (κ3) is 2.87. The molecule has 2 aromatic rings. The van der Waals surface area contributed by atoms with Crippen LogP contribution in [0.1, 0.15) is 22.2 Å². The molecule has 2 N–H and O–H groups in total. The van der Waals surface area contributed by atoms with Crippen LogP contribution < -0.4 is 10.5 Å². The summed E-state index contributed by atoms with van der Waals surface area (Å²) in [5.74, 6) is 0.812. The molecule has 2 rings (SSSR count). The van der Waals surface area contributed by atoms with Crippen molar-refractivity contribution in [3.05, 3.63) is 33.8 Å². The Morgan fingerprint density at radius 3 is 2.94 bits per heavy atom. The van der Waals surface area contributed by atoms with Gasteiger partial charge in [0.05, 0.1) is 12.4 Å². The Kier molecular flexibility index (Phi) is 3.81. The number of hydrogen-bond donors (Lipinski definition) is 1. The molecule has 0 aliphatic carbocycles. The molecule has 0 aromatic carbocycles. The van der Waals surface area contributed by atoms with Crippen LogP contribution in [0.5, 0.6) is 5.75 Å². The van der Waals surface area contributed by atoms with E-state index in [1.807, 2.05) is 17.8 Å². The smallest absolute Gasteiger partial charge is 0.157 e. The first kappa shape index (κ1) is 12.1. The van der Waals surface area contributed by atoms with Crippen LogP contribution in [0.3, 0.4) is 0 Å². The quantitative estimate of drug-likeness (QED) is 0.887. The molecule has 0 bridgehead atoms. The zero-order chi connectivity index (χ0) is 12.3. The average Bonchev–Trinajstić information content (AvgIpc) is 2.93. The third-order valence-electron chi connectivity index (χ3n) is 2.60. The van der Waals surface area contributed by atoms with E-state index in [4.69, 9.17) is 10.5 Å². The molecule has 5 heteroatoms. The molecule has 0 atom stereocenters. The van der Waals surface area contributed by atoms with Gasteiger partial charge < -0.3 is 10.5 Å². The minimum Gasteiger partial charge on any atom is -0.486 e. The van der Waals surface area contributed by atoms with Gasteiger partial charge in [-0.25, -0.2) is 0 Å². The molecule has 2 aromatic heterocycles. The van der Waals surface area contributed by atoms with Gasteiger partial charge in [-0.05, 0) is 19.9 Å². The van der Waals surface area contributed by atoms with Crippen LogP contribution in [-0.4, -0.2) is 9.78 Å². The van der Waals surface area contributed by atoms with Gasteiger partial charge in [-0.2, -0.15) is 5.10 Å². The molecule has 0 unspecified atom stereocenters. The number of nitrogens with two attached hydrogens (primary N) is 1. The Hall–Kier alpha value is -1.33. The fourth-order valence-electron chi connectivity index (χ4n) is 1.58. The van der Waals surface area contributed by atoms with Crippen LogP contribution in [0.2, 0.25) is 0 Å². The second-order valence-electron chi connectivity index (χ2n) is 3.82. The number of thiophene rings is 1. The lowest BCUT2D eigenvalue weighted by atomic mass is 10.2. The molecule has 0 radical (unpaired) electrons. The Balaban J connectivity index is 1.99. The van der Waals surface area contributed by atoms with E-state index in [9.17, 15) is 0 Å². The second-order valence-corrected chi connectivity index (χ2v) is 5.16. The lowest BCUT2D eigenvalue weighted by molar-refractivity contribution is 0.305. The lowest BCUT2D eigenvalue weighted by Gasteiger charge is -2.02. The Labute approximate surface area is 105 Å². The summed E-state index contributed by atoms with van der Waals surface area (Å²) in [7, 11) is 0. The minimum atomic E-state index is 0.581. The van der Waals surface area contributed by atoms with Crippen molar-refractivity contribution < 1.29 is 4.74 Å². The van der Waals surface area contributed by atoms with Crippen LogP contribution >= 0.6 is 11.3 Å². The Morgan fingerprint density at radius 1 is 1.53 bits per heavy atom. The molecular weight excluding hydrogens is 234 g/mol. The van der Waals surface area contributed by atoms with E-state index in [0.29, 0.717) is 13.2 Å². The Morgan fingerprint density at radius 2 is 2.35 bits per heavy atom. The van der Waals surface area contributed by atoms with Gasteiger partial charge in [-0.1, -0.05) is 0 Å². The van der Waals surface area contributed by atoms with Gasteiger partial charge in [-0.3, -0.25) is 4.68 Å². The number of rotatable bonds is 5. The summed E-state index contributed by atoms with van der Waals surface area (Å²) in [4.78, 5) is 2.47. The molecule has 2 heterocycles.